The van der Waals surface area contributed by atoms with Crippen molar-refractivity contribution in [2.75, 3.05) is 13.2 Å². The molecule has 0 aliphatic carbocycles. The number of carbonyl (C=O) groups excluding carboxylic acids is 2. The molecular formula is C34H34O6. The second-order valence-corrected chi connectivity index (χ2v) is 8.99. The Kier molecular flexibility index (Phi) is 10.7. The highest BCUT2D eigenvalue weighted by Crippen LogP contribution is 2.42. The monoisotopic (exact) mass is 538 g/mol. The fraction of sp³-hybridized carbons (Fsp3) is 0.176. The van der Waals surface area contributed by atoms with E-state index in [-0.39, 0.29) is 0 Å². The van der Waals surface area contributed by atoms with Gasteiger partial charge in [0.05, 0.1) is 0 Å². The second-order valence-electron chi connectivity index (χ2n) is 8.99. The molecule has 0 radical (unpaired) electrons. The summed E-state index contributed by atoms with van der Waals surface area (Å²) in [6, 6.07) is 18.2. The Morgan fingerprint density at radius 1 is 0.650 bits per heavy atom. The highest BCUT2D eigenvalue weighted by Gasteiger charge is 2.17. The zero-order valence-corrected chi connectivity index (χ0v) is 23.4. The predicted octanol–water partition coefficient (Wildman–Crippen LogP) is 7.89. The van der Waals surface area contributed by atoms with Crippen LogP contribution in [-0.2, 0) is 9.59 Å². The van der Waals surface area contributed by atoms with Crippen LogP contribution in [0.5, 0.6) is 23.0 Å². The Morgan fingerprint density at radius 3 is 1.30 bits per heavy atom. The molecule has 6 nitrogen and oxygen atoms in total. The van der Waals surface area contributed by atoms with Crippen LogP contribution in [0.15, 0.2) is 109 Å². The molecule has 0 atom stereocenters. The van der Waals surface area contributed by atoms with Gasteiger partial charge in [-0.05, 0) is 75.2 Å². The summed E-state index contributed by atoms with van der Waals surface area (Å²) in [5, 5.41) is 0. The molecule has 0 aromatic heterocycles. The Morgan fingerprint density at radius 2 is 1.00 bits per heavy atom. The van der Waals surface area contributed by atoms with Crippen LogP contribution in [-0.4, -0.2) is 25.2 Å². The lowest BCUT2D eigenvalue weighted by atomic mass is 9.97. The molecule has 0 unspecified atom stereocenters. The van der Waals surface area contributed by atoms with Gasteiger partial charge in [0.1, 0.15) is 36.2 Å². The van der Waals surface area contributed by atoms with E-state index >= 15 is 0 Å². The van der Waals surface area contributed by atoms with Gasteiger partial charge in [-0.25, -0.2) is 9.59 Å². The Labute approximate surface area is 235 Å². The molecule has 3 rings (SSSR count). The van der Waals surface area contributed by atoms with E-state index in [2.05, 4.69) is 13.2 Å². The predicted molar refractivity (Wildman–Crippen MR) is 159 cm³/mol. The Hall–Kier alpha value is -4.84. The molecule has 0 aliphatic rings. The molecular weight excluding hydrogens is 504 g/mol. The molecule has 0 fully saturated rings. The first-order valence-electron chi connectivity index (χ1n) is 12.9. The number of carbonyl (C=O) groups is 2. The first-order chi connectivity index (χ1) is 19.2. The fourth-order valence-corrected chi connectivity index (χ4v) is 3.51. The summed E-state index contributed by atoms with van der Waals surface area (Å²) in [5.41, 5.74) is 3.99. The minimum absolute atomic E-state index is 0.323. The van der Waals surface area contributed by atoms with Gasteiger partial charge in [0, 0.05) is 22.3 Å². The first-order valence-corrected chi connectivity index (χ1v) is 12.9. The van der Waals surface area contributed by atoms with Crippen LogP contribution < -0.4 is 18.9 Å². The summed E-state index contributed by atoms with van der Waals surface area (Å²) in [5.74, 6) is 1.18. The lowest BCUT2D eigenvalue weighted by molar-refractivity contribution is -0.130. The third-order valence-electron chi connectivity index (χ3n) is 5.67. The first kappa shape index (κ1) is 29.7. The van der Waals surface area contributed by atoms with Gasteiger partial charge in [0.25, 0.3) is 0 Å². The second kappa shape index (κ2) is 14.4. The van der Waals surface area contributed by atoms with E-state index in [4.69, 9.17) is 18.9 Å². The summed E-state index contributed by atoms with van der Waals surface area (Å²) in [4.78, 5) is 23.8. The summed E-state index contributed by atoms with van der Waals surface area (Å²) in [6.07, 6.45) is 7.69. The molecule has 0 saturated carbocycles. The maximum atomic E-state index is 11.9. The van der Waals surface area contributed by atoms with E-state index in [0.717, 1.165) is 22.3 Å². The van der Waals surface area contributed by atoms with Crippen LogP contribution in [0, 0.1) is 0 Å². The molecule has 0 N–H and O–H groups in total. The van der Waals surface area contributed by atoms with Gasteiger partial charge in [0.15, 0.2) is 0 Å². The molecule has 0 amide bonds. The highest BCUT2D eigenvalue weighted by atomic mass is 16.5. The maximum Gasteiger partial charge on any atom is 0.338 e. The fourth-order valence-electron chi connectivity index (χ4n) is 3.51. The SMILES string of the molecule is C=C(C)C(=O)Oc1ccc(-c2cc(OC/C=C/C)c(-c3ccc(OC(=O)C(=C)C)cc3)cc2OC/C=C/C)cc1. The van der Waals surface area contributed by atoms with Crippen LogP contribution in [0.1, 0.15) is 27.7 Å². The maximum absolute atomic E-state index is 11.9. The number of hydrogen-bond donors (Lipinski definition) is 0. The quantitative estimate of drug-likeness (QED) is 0.101. The summed E-state index contributed by atoms with van der Waals surface area (Å²) >= 11 is 0. The van der Waals surface area contributed by atoms with Crippen molar-refractivity contribution in [1.82, 2.24) is 0 Å². The third-order valence-corrected chi connectivity index (χ3v) is 5.67. The minimum atomic E-state index is -0.479. The van der Waals surface area contributed by atoms with Crippen LogP contribution in [0.2, 0.25) is 0 Å². The minimum Gasteiger partial charge on any atom is -0.489 e. The molecule has 3 aromatic carbocycles. The van der Waals surface area contributed by atoms with E-state index in [9.17, 15) is 9.59 Å². The van der Waals surface area contributed by atoms with Crippen LogP contribution in [0.4, 0.5) is 0 Å². The summed E-state index contributed by atoms with van der Waals surface area (Å²) in [6.45, 7) is 15.1. The van der Waals surface area contributed by atoms with Crippen LogP contribution in [0.3, 0.4) is 0 Å². The van der Waals surface area contributed by atoms with Gasteiger partial charge in [-0.3, -0.25) is 0 Å². The van der Waals surface area contributed by atoms with E-state index < -0.39 is 11.9 Å². The van der Waals surface area contributed by atoms with Crippen molar-refractivity contribution < 1.29 is 28.5 Å². The van der Waals surface area contributed by atoms with Crippen molar-refractivity contribution in [3.63, 3.8) is 0 Å². The number of ether oxygens (including phenoxy) is 4. The Balaban J connectivity index is 2.06. The molecule has 40 heavy (non-hydrogen) atoms. The summed E-state index contributed by atoms with van der Waals surface area (Å²) in [7, 11) is 0. The number of benzene rings is 3. The summed E-state index contributed by atoms with van der Waals surface area (Å²) < 4.78 is 23.0. The zero-order chi connectivity index (χ0) is 29.1. The highest BCUT2D eigenvalue weighted by molar-refractivity contribution is 5.89. The van der Waals surface area contributed by atoms with Gasteiger partial charge < -0.3 is 18.9 Å². The number of hydrogen-bond acceptors (Lipinski definition) is 6. The van der Waals surface area contributed by atoms with Gasteiger partial charge >= 0.3 is 11.9 Å². The van der Waals surface area contributed by atoms with Crippen molar-refractivity contribution in [3.05, 3.63) is 109 Å². The third kappa shape index (κ3) is 8.08. The molecule has 0 saturated heterocycles. The smallest absolute Gasteiger partial charge is 0.338 e. The zero-order valence-electron chi connectivity index (χ0n) is 23.4. The molecule has 206 valence electrons. The average molecular weight is 539 g/mol. The van der Waals surface area contributed by atoms with Crippen molar-refractivity contribution >= 4 is 11.9 Å². The lowest BCUT2D eigenvalue weighted by Crippen LogP contribution is -2.08. The van der Waals surface area contributed by atoms with Crippen molar-refractivity contribution in [1.29, 1.82) is 0 Å². The number of rotatable bonds is 12. The number of allylic oxidation sites excluding steroid dienone is 2. The largest absolute Gasteiger partial charge is 0.489 e. The number of esters is 2. The van der Waals surface area contributed by atoms with Gasteiger partial charge in [0.2, 0.25) is 0 Å². The molecule has 0 heterocycles. The Bertz CT molecular complexity index is 1320. The van der Waals surface area contributed by atoms with Gasteiger partial charge in [-0.1, -0.05) is 61.7 Å². The topological polar surface area (TPSA) is 71.1 Å². The molecule has 3 aromatic rings. The average Bonchev–Trinajstić information content (AvgIpc) is 2.94. The van der Waals surface area contributed by atoms with E-state index in [1.807, 2.05) is 74.5 Å². The molecule has 6 heteroatoms. The van der Waals surface area contributed by atoms with Crippen molar-refractivity contribution in [3.8, 4) is 45.3 Å². The van der Waals surface area contributed by atoms with E-state index in [0.29, 0.717) is 47.4 Å². The lowest BCUT2D eigenvalue weighted by Gasteiger charge is -2.18. The van der Waals surface area contributed by atoms with Gasteiger partial charge in [-0.2, -0.15) is 0 Å². The molecule has 0 aliphatic heterocycles. The van der Waals surface area contributed by atoms with Crippen molar-refractivity contribution in [2.45, 2.75) is 27.7 Å². The van der Waals surface area contributed by atoms with E-state index in [1.165, 1.54) is 0 Å². The standard InChI is InChI=1S/C34H34O6/c1-7-9-19-37-31-21-30(26-13-17-28(18-14-26)40-34(36)24(5)6)32(38-20-10-8-2)22-29(31)25-11-15-27(16-12-25)39-33(35)23(3)4/h7-18,21-22H,3,5,19-20H2,1-2,4,6H3/b9-7+,10-8+. The van der Waals surface area contributed by atoms with Gasteiger partial charge in [-0.15, -0.1) is 0 Å². The molecule has 0 spiro atoms. The molecule has 0 bridgehead atoms. The normalized spacial score (nSPS) is 10.9. The van der Waals surface area contributed by atoms with Crippen LogP contribution >= 0.6 is 0 Å². The van der Waals surface area contributed by atoms with Crippen LogP contribution in [0.25, 0.3) is 22.3 Å². The van der Waals surface area contributed by atoms with E-state index in [1.54, 1.807) is 38.1 Å². The van der Waals surface area contributed by atoms with Crippen molar-refractivity contribution in [2.24, 2.45) is 0 Å².